The summed E-state index contributed by atoms with van der Waals surface area (Å²) >= 11 is 3.51. The van der Waals surface area contributed by atoms with E-state index in [2.05, 4.69) is 22.0 Å². The van der Waals surface area contributed by atoms with Crippen molar-refractivity contribution in [2.45, 2.75) is 32.1 Å². The third-order valence-corrected chi connectivity index (χ3v) is 5.27. The van der Waals surface area contributed by atoms with Crippen molar-refractivity contribution >= 4 is 27.5 Å². The lowest BCUT2D eigenvalue weighted by Gasteiger charge is -2.34. The summed E-state index contributed by atoms with van der Waals surface area (Å²) in [5.74, 6) is 0.158. The van der Waals surface area contributed by atoms with E-state index in [9.17, 15) is 9.90 Å². The highest BCUT2D eigenvalue weighted by molar-refractivity contribution is 9.10. The number of anilines is 1. The number of carbonyl (C=O) groups excluding carboxylic acids is 1. The number of fused-ring (bicyclic) bond motifs is 2. The zero-order chi connectivity index (χ0) is 16.0. The van der Waals surface area contributed by atoms with Crippen molar-refractivity contribution in [3.05, 3.63) is 28.2 Å². The molecule has 1 spiro atoms. The van der Waals surface area contributed by atoms with Crippen LogP contribution in [0, 0.1) is 5.41 Å². The standard InChI is InChI=1S/C17H22BrNO3/c1-16(2,11-20)10-19-14-9-12(18)3-4-13(14)17(15(19)21)5-7-22-8-6-17/h3-4,9,20H,5-8,10-11H2,1-2H3. The molecule has 1 amide bonds. The van der Waals surface area contributed by atoms with Crippen molar-refractivity contribution in [1.82, 2.24) is 0 Å². The summed E-state index contributed by atoms with van der Waals surface area (Å²) in [6.45, 7) is 5.78. The molecule has 1 fully saturated rings. The third-order valence-electron chi connectivity index (χ3n) is 4.78. The molecular weight excluding hydrogens is 346 g/mol. The van der Waals surface area contributed by atoms with E-state index in [1.807, 2.05) is 30.9 Å². The van der Waals surface area contributed by atoms with Gasteiger partial charge < -0.3 is 14.7 Å². The Labute approximate surface area is 139 Å². The molecular formula is C17H22BrNO3. The molecule has 22 heavy (non-hydrogen) atoms. The number of aliphatic hydroxyl groups is 1. The molecule has 1 saturated heterocycles. The predicted molar refractivity (Wildman–Crippen MR) is 89.1 cm³/mol. The van der Waals surface area contributed by atoms with Crippen LogP contribution < -0.4 is 4.90 Å². The van der Waals surface area contributed by atoms with Crippen LogP contribution in [0.2, 0.25) is 0 Å². The van der Waals surface area contributed by atoms with E-state index in [0.29, 0.717) is 19.8 Å². The number of amides is 1. The van der Waals surface area contributed by atoms with Crippen LogP contribution >= 0.6 is 15.9 Å². The lowest BCUT2D eigenvalue weighted by atomic mass is 9.75. The van der Waals surface area contributed by atoms with Crippen LogP contribution in [0.4, 0.5) is 5.69 Å². The van der Waals surface area contributed by atoms with Crippen LogP contribution in [0.5, 0.6) is 0 Å². The van der Waals surface area contributed by atoms with Gasteiger partial charge in [-0.3, -0.25) is 4.79 Å². The Balaban J connectivity index is 2.06. The number of nitrogens with zero attached hydrogens (tertiary/aromatic N) is 1. The van der Waals surface area contributed by atoms with Gasteiger partial charge in [-0.15, -0.1) is 0 Å². The summed E-state index contributed by atoms with van der Waals surface area (Å²) in [5, 5.41) is 9.58. The van der Waals surface area contributed by atoms with Gasteiger partial charge in [-0.1, -0.05) is 35.8 Å². The first-order valence-electron chi connectivity index (χ1n) is 7.70. The Hall–Kier alpha value is -0.910. The zero-order valence-corrected chi connectivity index (χ0v) is 14.6. The smallest absolute Gasteiger partial charge is 0.237 e. The largest absolute Gasteiger partial charge is 0.396 e. The quantitative estimate of drug-likeness (QED) is 0.893. The lowest BCUT2D eigenvalue weighted by molar-refractivity contribution is -0.126. The van der Waals surface area contributed by atoms with Gasteiger partial charge in [-0.25, -0.2) is 0 Å². The SMILES string of the molecule is CC(C)(CO)CN1C(=O)C2(CCOCC2)c2ccc(Br)cc21. The minimum absolute atomic E-state index is 0.0518. The van der Waals surface area contributed by atoms with E-state index in [0.717, 1.165) is 28.6 Å². The summed E-state index contributed by atoms with van der Waals surface area (Å²) in [7, 11) is 0. The van der Waals surface area contributed by atoms with E-state index < -0.39 is 5.41 Å². The predicted octanol–water partition coefficient (Wildman–Crippen LogP) is 2.86. The van der Waals surface area contributed by atoms with Gasteiger partial charge in [-0.2, -0.15) is 0 Å². The van der Waals surface area contributed by atoms with Gasteiger partial charge in [0.1, 0.15) is 0 Å². The minimum Gasteiger partial charge on any atom is -0.396 e. The van der Waals surface area contributed by atoms with E-state index in [-0.39, 0.29) is 17.9 Å². The second kappa shape index (κ2) is 5.62. The second-order valence-electron chi connectivity index (χ2n) is 7.07. The maximum atomic E-state index is 13.2. The maximum absolute atomic E-state index is 13.2. The first-order chi connectivity index (χ1) is 10.4. The monoisotopic (exact) mass is 367 g/mol. The highest BCUT2D eigenvalue weighted by atomic mass is 79.9. The molecule has 3 rings (SSSR count). The first kappa shape index (κ1) is 16.0. The van der Waals surface area contributed by atoms with Crippen LogP contribution in [0.15, 0.2) is 22.7 Å². The molecule has 1 aromatic carbocycles. The minimum atomic E-state index is -0.445. The van der Waals surface area contributed by atoms with Crippen molar-refractivity contribution in [3.8, 4) is 0 Å². The van der Waals surface area contributed by atoms with Crippen molar-refractivity contribution in [2.24, 2.45) is 5.41 Å². The number of aliphatic hydroxyl groups excluding tert-OH is 1. The van der Waals surface area contributed by atoms with Gasteiger partial charge in [0, 0.05) is 41.9 Å². The number of rotatable bonds is 3. The number of hydrogen-bond donors (Lipinski definition) is 1. The molecule has 120 valence electrons. The summed E-state index contributed by atoms with van der Waals surface area (Å²) in [6, 6.07) is 6.09. The number of halogens is 1. The highest BCUT2D eigenvalue weighted by Gasteiger charge is 2.52. The molecule has 2 aliphatic rings. The van der Waals surface area contributed by atoms with Crippen LogP contribution in [-0.4, -0.2) is 37.4 Å². The fraction of sp³-hybridized carbons (Fsp3) is 0.588. The summed E-state index contributed by atoms with van der Waals surface area (Å²) in [4.78, 5) is 15.1. The molecule has 1 N–H and O–H groups in total. The number of ether oxygens (including phenoxy) is 1. The van der Waals surface area contributed by atoms with E-state index in [1.165, 1.54) is 0 Å². The van der Waals surface area contributed by atoms with E-state index >= 15 is 0 Å². The molecule has 0 radical (unpaired) electrons. The highest BCUT2D eigenvalue weighted by Crippen LogP contribution is 2.49. The Bertz CT molecular complexity index is 594. The number of carbonyl (C=O) groups is 1. The van der Waals surface area contributed by atoms with Crippen molar-refractivity contribution in [2.75, 3.05) is 31.3 Å². The molecule has 2 heterocycles. The average Bonchev–Trinajstić information content (AvgIpc) is 2.71. The Morgan fingerprint density at radius 1 is 1.36 bits per heavy atom. The van der Waals surface area contributed by atoms with Gasteiger partial charge in [0.05, 0.1) is 5.41 Å². The average molecular weight is 368 g/mol. The third kappa shape index (κ3) is 2.49. The fourth-order valence-electron chi connectivity index (χ4n) is 3.45. The van der Waals surface area contributed by atoms with Crippen molar-refractivity contribution in [1.29, 1.82) is 0 Å². The van der Waals surface area contributed by atoms with Gasteiger partial charge in [0.25, 0.3) is 0 Å². The molecule has 0 aliphatic carbocycles. The summed E-state index contributed by atoms with van der Waals surface area (Å²) < 4.78 is 6.45. The van der Waals surface area contributed by atoms with Crippen molar-refractivity contribution in [3.63, 3.8) is 0 Å². The summed E-state index contributed by atoms with van der Waals surface area (Å²) in [5.41, 5.74) is 1.31. The van der Waals surface area contributed by atoms with E-state index in [1.54, 1.807) is 0 Å². The number of benzene rings is 1. The topological polar surface area (TPSA) is 49.8 Å². The van der Waals surface area contributed by atoms with E-state index in [4.69, 9.17) is 4.74 Å². The molecule has 1 aromatic rings. The van der Waals surface area contributed by atoms with Gasteiger partial charge >= 0.3 is 0 Å². The second-order valence-corrected chi connectivity index (χ2v) is 7.99. The van der Waals surface area contributed by atoms with Crippen LogP contribution in [0.1, 0.15) is 32.3 Å². The van der Waals surface area contributed by atoms with Gasteiger partial charge in [0.15, 0.2) is 0 Å². The molecule has 0 bridgehead atoms. The van der Waals surface area contributed by atoms with Crippen molar-refractivity contribution < 1.29 is 14.6 Å². The maximum Gasteiger partial charge on any atom is 0.237 e. The molecule has 5 heteroatoms. The summed E-state index contributed by atoms with van der Waals surface area (Å²) in [6.07, 6.45) is 1.47. The lowest BCUT2D eigenvalue weighted by Crippen LogP contribution is -2.47. The number of hydrogen-bond acceptors (Lipinski definition) is 3. The fourth-order valence-corrected chi connectivity index (χ4v) is 3.80. The Morgan fingerprint density at radius 2 is 2.05 bits per heavy atom. The normalized spacial score (nSPS) is 20.5. The van der Waals surface area contributed by atoms with Crippen LogP contribution in [0.3, 0.4) is 0 Å². The Morgan fingerprint density at radius 3 is 2.68 bits per heavy atom. The zero-order valence-electron chi connectivity index (χ0n) is 13.1. The van der Waals surface area contributed by atoms with Gasteiger partial charge in [-0.05, 0) is 30.5 Å². The van der Waals surface area contributed by atoms with Crippen LogP contribution in [-0.2, 0) is 14.9 Å². The molecule has 0 atom stereocenters. The molecule has 4 nitrogen and oxygen atoms in total. The van der Waals surface area contributed by atoms with Gasteiger partial charge in [0.2, 0.25) is 5.91 Å². The Kier molecular flexibility index (Phi) is 4.08. The molecule has 2 aliphatic heterocycles. The molecule has 0 unspecified atom stereocenters. The molecule has 0 aromatic heterocycles. The first-order valence-corrected chi connectivity index (χ1v) is 8.50. The molecule has 0 saturated carbocycles. The van der Waals surface area contributed by atoms with Crippen LogP contribution in [0.25, 0.3) is 0 Å².